The molecule has 0 bridgehead atoms. The summed E-state index contributed by atoms with van der Waals surface area (Å²) in [6.07, 6.45) is -4.76. The molecule has 0 saturated heterocycles. The van der Waals surface area contributed by atoms with Crippen LogP contribution in [0.25, 0.3) is 11.0 Å². The Morgan fingerprint density at radius 3 is 2.44 bits per heavy atom. The van der Waals surface area contributed by atoms with E-state index in [4.69, 9.17) is 0 Å². The van der Waals surface area contributed by atoms with Crippen molar-refractivity contribution in [1.29, 1.82) is 0 Å². The Morgan fingerprint density at radius 2 is 1.81 bits per heavy atom. The largest absolute Gasteiger partial charge is 0.573 e. The summed E-state index contributed by atoms with van der Waals surface area (Å²) in [7, 11) is 1.63. The van der Waals surface area contributed by atoms with Gasteiger partial charge in [-0.05, 0) is 43.3 Å². The van der Waals surface area contributed by atoms with Crippen molar-refractivity contribution in [2.24, 2.45) is 0 Å². The number of hydrogen-bond donors (Lipinski definition) is 0. The van der Waals surface area contributed by atoms with Crippen LogP contribution in [0.4, 0.5) is 13.2 Å². The molecule has 3 aromatic rings. The molecule has 2 aromatic carbocycles. The second-order valence-electron chi connectivity index (χ2n) is 5.99. The van der Waals surface area contributed by atoms with Crippen LogP contribution in [0.5, 0.6) is 5.75 Å². The minimum atomic E-state index is -4.76. The molecule has 0 aliphatic carbocycles. The van der Waals surface area contributed by atoms with Gasteiger partial charge in [0.1, 0.15) is 11.6 Å². The maximum absolute atomic E-state index is 12.6. The number of amides is 1. The van der Waals surface area contributed by atoms with Gasteiger partial charge in [-0.1, -0.05) is 12.1 Å². The van der Waals surface area contributed by atoms with Crippen molar-refractivity contribution in [2.75, 3.05) is 7.05 Å². The fourth-order valence-corrected chi connectivity index (χ4v) is 2.90. The highest BCUT2D eigenvalue weighted by molar-refractivity contribution is 5.94. The number of benzene rings is 2. The number of aromatic nitrogens is 2. The van der Waals surface area contributed by atoms with Gasteiger partial charge in [0, 0.05) is 19.2 Å². The van der Waals surface area contributed by atoms with E-state index < -0.39 is 6.36 Å². The highest BCUT2D eigenvalue weighted by Gasteiger charge is 2.31. The highest BCUT2D eigenvalue weighted by Crippen LogP contribution is 2.23. The number of alkyl halides is 3. The Balaban J connectivity index is 1.76. The van der Waals surface area contributed by atoms with Gasteiger partial charge < -0.3 is 14.2 Å². The van der Waals surface area contributed by atoms with Crippen LogP contribution in [0, 0.1) is 0 Å². The number of carbonyl (C=O) groups is 1. The van der Waals surface area contributed by atoms with Crippen LogP contribution in [0.15, 0.2) is 48.5 Å². The maximum Gasteiger partial charge on any atom is 0.573 e. The number of fused-ring (bicyclic) bond motifs is 1. The van der Waals surface area contributed by atoms with E-state index in [2.05, 4.69) is 9.72 Å². The molecule has 1 aromatic heterocycles. The van der Waals surface area contributed by atoms with Crippen molar-refractivity contribution in [3.05, 3.63) is 59.9 Å². The van der Waals surface area contributed by atoms with Crippen molar-refractivity contribution >= 4 is 16.9 Å². The zero-order chi connectivity index (χ0) is 19.6. The van der Waals surface area contributed by atoms with Gasteiger partial charge in [-0.3, -0.25) is 4.79 Å². The molecule has 27 heavy (non-hydrogen) atoms. The molecule has 1 heterocycles. The molecular weight excluding hydrogens is 359 g/mol. The number of para-hydroxylation sites is 2. The van der Waals surface area contributed by atoms with Gasteiger partial charge in [0.05, 0.1) is 17.6 Å². The summed E-state index contributed by atoms with van der Waals surface area (Å²) in [5, 5.41) is 0. The molecule has 0 unspecified atom stereocenters. The molecule has 8 heteroatoms. The van der Waals surface area contributed by atoms with E-state index in [0.717, 1.165) is 29.0 Å². The average molecular weight is 377 g/mol. The van der Waals surface area contributed by atoms with E-state index in [-0.39, 0.29) is 23.8 Å². The van der Waals surface area contributed by atoms with Gasteiger partial charge in [0.2, 0.25) is 0 Å². The molecule has 0 spiro atoms. The van der Waals surface area contributed by atoms with Crippen LogP contribution < -0.4 is 4.74 Å². The zero-order valence-corrected chi connectivity index (χ0v) is 14.8. The normalized spacial score (nSPS) is 11.6. The Bertz CT molecular complexity index is 949. The summed E-state index contributed by atoms with van der Waals surface area (Å²) >= 11 is 0. The van der Waals surface area contributed by atoms with Gasteiger partial charge in [0.25, 0.3) is 5.91 Å². The van der Waals surface area contributed by atoms with E-state index in [1.54, 1.807) is 7.05 Å². The Morgan fingerprint density at radius 1 is 1.15 bits per heavy atom. The summed E-state index contributed by atoms with van der Waals surface area (Å²) in [5.74, 6) is 0.0596. The third kappa shape index (κ3) is 4.21. The van der Waals surface area contributed by atoms with Gasteiger partial charge in [-0.15, -0.1) is 13.2 Å². The standard InChI is InChI=1S/C19H18F3N3O2/c1-3-25-16-7-5-4-6-15(16)23-17(25)12-24(2)18(26)13-8-10-14(11-9-13)27-19(20,21)22/h4-11H,3,12H2,1-2H3. The van der Waals surface area contributed by atoms with Crippen LogP contribution in [-0.2, 0) is 13.1 Å². The molecular formula is C19H18F3N3O2. The molecule has 0 fully saturated rings. The summed E-state index contributed by atoms with van der Waals surface area (Å²) in [5.41, 5.74) is 2.11. The SMILES string of the molecule is CCn1c(CN(C)C(=O)c2ccc(OC(F)(F)F)cc2)nc2ccccc21. The Kier molecular flexibility index (Phi) is 5.07. The predicted molar refractivity (Wildman–Crippen MR) is 94.3 cm³/mol. The second kappa shape index (κ2) is 7.30. The molecule has 0 aliphatic rings. The van der Waals surface area contributed by atoms with Crippen LogP contribution in [0.2, 0.25) is 0 Å². The number of ether oxygens (including phenoxy) is 1. The maximum atomic E-state index is 12.6. The third-order valence-electron chi connectivity index (χ3n) is 4.11. The van der Waals surface area contributed by atoms with E-state index in [9.17, 15) is 18.0 Å². The van der Waals surface area contributed by atoms with E-state index in [1.165, 1.54) is 17.0 Å². The fourth-order valence-electron chi connectivity index (χ4n) is 2.90. The summed E-state index contributed by atoms with van der Waals surface area (Å²) in [6, 6.07) is 12.6. The minimum absolute atomic E-state index is 0.270. The average Bonchev–Trinajstić information content (AvgIpc) is 2.97. The van der Waals surface area contributed by atoms with Crippen molar-refractivity contribution < 1.29 is 22.7 Å². The summed E-state index contributed by atoms with van der Waals surface area (Å²) in [6.45, 7) is 2.99. The van der Waals surface area contributed by atoms with Gasteiger partial charge in [0.15, 0.2) is 0 Å². The molecule has 0 radical (unpaired) electrons. The smallest absolute Gasteiger partial charge is 0.406 e. The first-order valence-corrected chi connectivity index (χ1v) is 8.34. The first kappa shape index (κ1) is 18.8. The lowest BCUT2D eigenvalue weighted by molar-refractivity contribution is -0.274. The quantitative estimate of drug-likeness (QED) is 0.669. The molecule has 0 atom stereocenters. The Labute approximate surface area is 154 Å². The minimum Gasteiger partial charge on any atom is -0.406 e. The predicted octanol–water partition coefficient (Wildman–Crippen LogP) is 4.23. The zero-order valence-electron chi connectivity index (χ0n) is 14.8. The van der Waals surface area contributed by atoms with Crippen LogP contribution in [0.1, 0.15) is 23.1 Å². The van der Waals surface area contributed by atoms with Crippen molar-refractivity contribution in [2.45, 2.75) is 26.4 Å². The third-order valence-corrected chi connectivity index (χ3v) is 4.11. The number of nitrogens with zero attached hydrogens (tertiary/aromatic N) is 3. The molecule has 3 rings (SSSR count). The number of halogens is 3. The number of hydrogen-bond acceptors (Lipinski definition) is 3. The molecule has 0 N–H and O–H groups in total. The molecule has 0 saturated carbocycles. The van der Waals surface area contributed by atoms with Crippen molar-refractivity contribution in [1.82, 2.24) is 14.5 Å². The summed E-state index contributed by atoms with van der Waals surface area (Å²) < 4.78 is 42.5. The molecule has 1 amide bonds. The fraction of sp³-hybridized carbons (Fsp3) is 0.263. The summed E-state index contributed by atoms with van der Waals surface area (Å²) in [4.78, 5) is 18.6. The second-order valence-corrected chi connectivity index (χ2v) is 5.99. The van der Waals surface area contributed by atoms with E-state index >= 15 is 0 Å². The lowest BCUT2D eigenvalue weighted by Crippen LogP contribution is -2.27. The molecule has 0 aliphatic heterocycles. The van der Waals surface area contributed by atoms with Crippen LogP contribution in [0.3, 0.4) is 0 Å². The number of aryl methyl sites for hydroxylation is 1. The molecule has 142 valence electrons. The number of carbonyl (C=O) groups excluding carboxylic acids is 1. The molecule has 5 nitrogen and oxygen atoms in total. The van der Waals surface area contributed by atoms with Crippen LogP contribution >= 0.6 is 0 Å². The van der Waals surface area contributed by atoms with Gasteiger partial charge in [-0.2, -0.15) is 0 Å². The monoisotopic (exact) mass is 377 g/mol. The first-order valence-electron chi connectivity index (χ1n) is 8.34. The van der Waals surface area contributed by atoms with Crippen LogP contribution in [-0.4, -0.2) is 33.8 Å². The highest BCUT2D eigenvalue weighted by atomic mass is 19.4. The number of imidazole rings is 1. The Hall–Kier alpha value is -3.03. The number of rotatable bonds is 5. The van der Waals surface area contributed by atoms with Crippen molar-refractivity contribution in [3.8, 4) is 5.75 Å². The topological polar surface area (TPSA) is 47.4 Å². The van der Waals surface area contributed by atoms with Gasteiger partial charge >= 0.3 is 6.36 Å². The van der Waals surface area contributed by atoms with Crippen molar-refractivity contribution in [3.63, 3.8) is 0 Å². The van der Waals surface area contributed by atoms with Gasteiger partial charge in [-0.25, -0.2) is 4.98 Å². The lowest BCUT2D eigenvalue weighted by atomic mass is 10.2. The first-order chi connectivity index (χ1) is 12.8. The van der Waals surface area contributed by atoms with E-state index in [1.807, 2.05) is 35.8 Å². The van der Waals surface area contributed by atoms with E-state index in [0.29, 0.717) is 6.54 Å². The lowest BCUT2D eigenvalue weighted by Gasteiger charge is -2.18.